The van der Waals surface area contributed by atoms with Crippen LogP contribution in [0.1, 0.15) is 68.9 Å². The Labute approximate surface area is 128 Å². The number of aryl methyl sites for hydroxylation is 1. The van der Waals surface area contributed by atoms with E-state index in [4.69, 9.17) is 5.73 Å². The Hall–Kier alpha value is -1.58. The van der Waals surface area contributed by atoms with Crippen LogP contribution >= 0.6 is 0 Å². The van der Waals surface area contributed by atoms with E-state index in [1.165, 1.54) is 0 Å². The molecule has 0 aromatic carbocycles. The van der Waals surface area contributed by atoms with Gasteiger partial charge in [-0.1, -0.05) is 40.0 Å². The molecule has 0 aliphatic heterocycles. The van der Waals surface area contributed by atoms with Crippen molar-refractivity contribution in [1.82, 2.24) is 9.88 Å². The molecule has 118 valence electrons. The van der Waals surface area contributed by atoms with E-state index in [1.54, 1.807) is 6.07 Å². The summed E-state index contributed by atoms with van der Waals surface area (Å²) in [5.74, 6) is 0.526. The van der Waals surface area contributed by atoms with Gasteiger partial charge < -0.3 is 10.6 Å². The number of nitrogens with two attached hydrogens (primary N) is 1. The first-order valence-electron chi connectivity index (χ1n) is 8.18. The van der Waals surface area contributed by atoms with E-state index >= 15 is 0 Å². The lowest BCUT2D eigenvalue weighted by Gasteiger charge is -2.23. The molecule has 0 unspecified atom stereocenters. The Kier molecular flexibility index (Phi) is 7.80. The Morgan fingerprint density at radius 1 is 1.10 bits per heavy atom. The number of carbonyl (C=O) groups excluding carboxylic acids is 1. The van der Waals surface area contributed by atoms with Gasteiger partial charge in [0.1, 0.15) is 5.82 Å². The van der Waals surface area contributed by atoms with Gasteiger partial charge in [0.05, 0.1) is 0 Å². The minimum atomic E-state index is 0.0864. The van der Waals surface area contributed by atoms with Gasteiger partial charge >= 0.3 is 0 Å². The molecule has 2 N–H and O–H groups in total. The lowest BCUT2D eigenvalue weighted by atomic mass is 10.1. The summed E-state index contributed by atoms with van der Waals surface area (Å²) in [6.45, 7) is 8.03. The average Bonchev–Trinajstić information content (AvgIpc) is 2.46. The minimum Gasteiger partial charge on any atom is -0.384 e. The third kappa shape index (κ3) is 5.74. The second kappa shape index (κ2) is 9.37. The molecule has 21 heavy (non-hydrogen) atoms. The zero-order valence-electron chi connectivity index (χ0n) is 13.7. The molecule has 0 bridgehead atoms. The molecule has 0 aliphatic rings. The highest BCUT2D eigenvalue weighted by Crippen LogP contribution is 2.13. The van der Waals surface area contributed by atoms with Crippen molar-refractivity contribution in [1.29, 1.82) is 0 Å². The van der Waals surface area contributed by atoms with Crippen molar-refractivity contribution in [2.75, 3.05) is 18.8 Å². The number of rotatable bonds is 9. The van der Waals surface area contributed by atoms with Crippen LogP contribution in [-0.2, 0) is 6.42 Å². The topological polar surface area (TPSA) is 59.2 Å². The first kappa shape index (κ1) is 17.5. The SMILES string of the molecule is CCCCN(CCCC)C(=O)c1cc(N)nc(CCC)c1. The number of nitrogens with zero attached hydrogens (tertiary/aromatic N) is 2. The van der Waals surface area contributed by atoms with Crippen LogP contribution in [0.15, 0.2) is 12.1 Å². The fourth-order valence-electron chi connectivity index (χ4n) is 2.31. The van der Waals surface area contributed by atoms with Crippen LogP contribution in [0.3, 0.4) is 0 Å². The molecule has 4 nitrogen and oxygen atoms in total. The zero-order chi connectivity index (χ0) is 15.7. The molecule has 1 aromatic rings. The minimum absolute atomic E-state index is 0.0864. The molecule has 0 saturated carbocycles. The quantitative estimate of drug-likeness (QED) is 0.755. The second-order valence-corrected chi connectivity index (χ2v) is 5.52. The fraction of sp³-hybridized carbons (Fsp3) is 0.647. The van der Waals surface area contributed by atoms with Gasteiger partial charge in [0.25, 0.3) is 5.91 Å². The highest BCUT2D eigenvalue weighted by atomic mass is 16.2. The van der Waals surface area contributed by atoms with Crippen LogP contribution in [-0.4, -0.2) is 28.9 Å². The van der Waals surface area contributed by atoms with Gasteiger partial charge in [-0.2, -0.15) is 0 Å². The van der Waals surface area contributed by atoms with E-state index in [2.05, 4.69) is 25.8 Å². The monoisotopic (exact) mass is 291 g/mol. The summed E-state index contributed by atoms with van der Waals surface area (Å²) in [7, 11) is 0. The molecule has 0 saturated heterocycles. The van der Waals surface area contributed by atoms with Gasteiger partial charge in [-0.3, -0.25) is 4.79 Å². The van der Waals surface area contributed by atoms with Crippen molar-refractivity contribution in [2.24, 2.45) is 0 Å². The number of carbonyl (C=O) groups is 1. The number of unbranched alkanes of at least 4 members (excludes halogenated alkanes) is 2. The Morgan fingerprint density at radius 2 is 1.71 bits per heavy atom. The van der Waals surface area contributed by atoms with Gasteiger partial charge in [-0.25, -0.2) is 4.98 Å². The molecular formula is C17H29N3O. The van der Waals surface area contributed by atoms with E-state index in [1.807, 2.05) is 11.0 Å². The molecule has 0 atom stereocenters. The smallest absolute Gasteiger partial charge is 0.254 e. The van der Waals surface area contributed by atoms with Crippen LogP contribution in [0.5, 0.6) is 0 Å². The van der Waals surface area contributed by atoms with Crippen molar-refractivity contribution < 1.29 is 4.79 Å². The Balaban J connectivity index is 2.90. The molecule has 1 heterocycles. The summed E-state index contributed by atoms with van der Waals surface area (Å²) >= 11 is 0. The summed E-state index contributed by atoms with van der Waals surface area (Å²) in [6, 6.07) is 3.60. The molecule has 1 aromatic heterocycles. The Bertz CT molecular complexity index is 438. The summed E-state index contributed by atoms with van der Waals surface area (Å²) in [4.78, 5) is 19.0. The molecule has 0 fully saturated rings. The number of hydrogen-bond acceptors (Lipinski definition) is 3. The third-order valence-corrected chi connectivity index (χ3v) is 3.50. The average molecular weight is 291 g/mol. The van der Waals surface area contributed by atoms with Crippen LogP contribution in [0.2, 0.25) is 0 Å². The maximum atomic E-state index is 12.7. The molecule has 1 amide bonds. The molecule has 1 rings (SSSR count). The van der Waals surface area contributed by atoms with Crippen molar-refractivity contribution >= 4 is 11.7 Å². The molecular weight excluding hydrogens is 262 g/mol. The number of nitrogen functional groups attached to an aromatic ring is 1. The van der Waals surface area contributed by atoms with Gasteiger partial charge in [0, 0.05) is 24.3 Å². The van der Waals surface area contributed by atoms with E-state index in [0.29, 0.717) is 11.4 Å². The zero-order valence-corrected chi connectivity index (χ0v) is 13.7. The standard InChI is InChI=1S/C17H29N3O/c1-4-7-10-20(11-8-5-2)17(21)14-12-15(9-6-3)19-16(18)13-14/h12-13H,4-11H2,1-3H3,(H2,18,19). The normalized spacial score (nSPS) is 10.6. The van der Waals surface area contributed by atoms with Crippen molar-refractivity contribution in [3.05, 3.63) is 23.4 Å². The molecule has 0 radical (unpaired) electrons. The maximum Gasteiger partial charge on any atom is 0.254 e. The summed E-state index contributed by atoms with van der Waals surface area (Å²) in [6.07, 6.45) is 6.12. The molecule has 0 spiro atoms. The van der Waals surface area contributed by atoms with E-state index < -0.39 is 0 Å². The lowest BCUT2D eigenvalue weighted by Crippen LogP contribution is -2.33. The van der Waals surface area contributed by atoms with Crippen LogP contribution in [0, 0.1) is 0 Å². The van der Waals surface area contributed by atoms with Gasteiger partial charge in [0.15, 0.2) is 0 Å². The highest BCUT2D eigenvalue weighted by molar-refractivity contribution is 5.95. The first-order chi connectivity index (χ1) is 10.1. The predicted octanol–water partition coefficient (Wildman–Crippen LogP) is 3.66. The fourth-order valence-corrected chi connectivity index (χ4v) is 2.31. The van der Waals surface area contributed by atoms with E-state index in [-0.39, 0.29) is 5.91 Å². The number of amides is 1. The summed E-state index contributed by atoms with van der Waals surface area (Å²) in [5, 5.41) is 0. The van der Waals surface area contributed by atoms with Crippen LogP contribution in [0.25, 0.3) is 0 Å². The van der Waals surface area contributed by atoms with Gasteiger partial charge in [0.2, 0.25) is 0 Å². The molecule has 0 aliphatic carbocycles. The van der Waals surface area contributed by atoms with Crippen molar-refractivity contribution in [3.63, 3.8) is 0 Å². The third-order valence-electron chi connectivity index (χ3n) is 3.50. The number of pyridine rings is 1. The first-order valence-corrected chi connectivity index (χ1v) is 8.18. The molecule has 4 heteroatoms. The summed E-state index contributed by atoms with van der Waals surface area (Å²) in [5.41, 5.74) is 7.43. The maximum absolute atomic E-state index is 12.7. The van der Waals surface area contributed by atoms with Gasteiger partial charge in [-0.05, 0) is 31.4 Å². The van der Waals surface area contributed by atoms with Crippen LogP contribution < -0.4 is 5.73 Å². The second-order valence-electron chi connectivity index (χ2n) is 5.52. The highest BCUT2D eigenvalue weighted by Gasteiger charge is 2.16. The summed E-state index contributed by atoms with van der Waals surface area (Å²) < 4.78 is 0. The van der Waals surface area contributed by atoms with Crippen LogP contribution in [0.4, 0.5) is 5.82 Å². The van der Waals surface area contributed by atoms with Gasteiger partial charge in [-0.15, -0.1) is 0 Å². The number of aromatic nitrogens is 1. The Morgan fingerprint density at radius 3 is 2.24 bits per heavy atom. The lowest BCUT2D eigenvalue weighted by molar-refractivity contribution is 0.0751. The predicted molar refractivity (Wildman–Crippen MR) is 88.4 cm³/mol. The van der Waals surface area contributed by atoms with E-state index in [0.717, 1.165) is 57.3 Å². The van der Waals surface area contributed by atoms with Crippen molar-refractivity contribution in [2.45, 2.75) is 59.3 Å². The van der Waals surface area contributed by atoms with Crippen molar-refractivity contribution in [3.8, 4) is 0 Å². The van der Waals surface area contributed by atoms with E-state index in [9.17, 15) is 4.79 Å². The number of hydrogen-bond donors (Lipinski definition) is 1. The number of anilines is 1. The largest absolute Gasteiger partial charge is 0.384 e.